The number of benzene rings is 1. The summed E-state index contributed by atoms with van der Waals surface area (Å²) in [7, 11) is 0. The maximum atomic E-state index is 14.4. The summed E-state index contributed by atoms with van der Waals surface area (Å²) < 4.78 is 14.4. The van der Waals surface area contributed by atoms with Crippen LogP contribution in [0, 0.1) is 5.82 Å². The van der Waals surface area contributed by atoms with Crippen molar-refractivity contribution >= 4 is 11.7 Å². The second kappa shape index (κ2) is 6.30. The average molecular weight is 326 g/mol. The highest BCUT2D eigenvalue weighted by molar-refractivity contribution is 5.99. The molecule has 0 saturated carbocycles. The van der Waals surface area contributed by atoms with Crippen molar-refractivity contribution in [3.05, 3.63) is 42.0 Å². The van der Waals surface area contributed by atoms with E-state index in [0.29, 0.717) is 29.1 Å². The first-order valence-corrected chi connectivity index (χ1v) is 8.30. The van der Waals surface area contributed by atoms with Crippen LogP contribution in [0.4, 0.5) is 10.3 Å². The molecule has 126 valence electrons. The summed E-state index contributed by atoms with van der Waals surface area (Å²) in [4.78, 5) is 15.5. The fraction of sp³-hybridized carbons (Fsp3) is 0.421. The van der Waals surface area contributed by atoms with Crippen molar-refractivity contribution in [1.29, 1.82) is 0 Å². The van der Waals surface area contributed by atoms with Gasteiger partial charge in [-0.2, -0.15) is 0 Å². The van der Waals surface area contributed by atoms with Gasteiger partial charge in [0, 0.05) is 23.5 Å². The fourth-order valence-corrected chi connectivity index (χ4v) is 2.78. The number of anilines is 1. The second-order valence-electron chi connectivity index (χ2n) is 7.11. The van der Waals surface area contributed by atoms with Gasteiger partial charge in [0.05, 0.1) is 24.3 Å². The van der Waals surface area contributed by atoms with Crippen molar-refractivity contribution in [3.63, 3.8) is 0 Å². The van der Waals surface area contributed by atoms with Crippen LogP contribution in [0.1, 0.15) is 33.3 Å². The molecule has 1 aliphatic heterocycles. The van der Waals surface area contributed by atoms with Gasteiger partial charge in [0.1, 0.15) is 5.82 Å². The number of aryl methyl sites for hydroxylation is 1. The quantitative estimate of drug-likeness (QED) is 0.859. The van der Waals surface area contributed by atoms with E-state index < -0.39 is 0 Å². The molecule has 3 rings (SSSR count). The van der Waals surface area contributed by atoms with Gasteiger partial charge in [0.25, 0.3) is 0 Å². The molecule has 2 heterocycles. The van der Waals surface area contributed by atoms with Crippen molar-refractivity contribution in [2.75, 3.05) is 18.0 Å². The Bertz CT molecular complexity index is 752. The summed E-state index contributed by atoms with van der Waals surface area (Å²) in [6.45, 7) is 9.74. The number of rotatable bonds is 3. The van der Waals surface area contributed by atoms with Crippen molar-refractivity contribution in [1.82, 2.24) is 9.97 Å². The molecule has 0 radical (unpaired) electrons. The molecule has 1 fully saturated rings. The highest BCUT2D eigenvalue weighted by Gasteiger charge is 2.26. The van der Waals surface area contributed by atoms with Gasteiger partial charge >= 0.3 is 0 Å². The molecule has 5 heteroatoms. The lowest BCUT2D eigenvalue weighted by Crippen LogP contribution is -2.49. The molecule has 1 aliphatic rings. The monoisotopic (exact) mass is 326 g/mol. The lowest BCUT2D eigenvalue weighted by molar-refractivity contribution is 0.576. The molecule has 0 aliphatic carbocycles. The zero-order valence-corrected chi connectivity index (χ0v) is 14.7. The second-order valence-corrected chi connectivity index (χ2v) is 7.11. The van der Waals surface area contributed by atoms with Crippen LogP contribution in [0.5, 0.6) is 0 Å². The number of hydrogen-bond acceptors (Lipinski definition) is 4. The minimum atomic E-state index is -0.181. The van der Waals surface area contributed by atoms with E-state index in [9.17, 15) is 4.39 Å². The Kier molecular flexibility index (Phi) is 4.35. The number of halogens is 1. The molecule has 4 nitrogen and oxygen atoms in total. The summed E-state index contributed by atoms with van der Waals surface area (Å²) in [6, 6.07) is 5.45. The van der Waals surface area contributed by atoms with Gasteiger partial charge in [-0.15, -0.1) is 0 Å². The third-order valence-electron chi connectivity index (χ3n) is 3.93. The van der Waals surface area contributed by atoms with Crippen molar-refractivity contribution in [3.8, 4) is 11.1 Å². The van der Waals surface area contributed by atoms with E-state index >= 15 is 0 Å². The zero-order chi connectivity index (χ0) is 17.3. The van der Waals surface area contributed by atoms with Crippen LogP contribution in [-0.4, -0.2) is 34.3 Å². The van der Waals surface area contributed by atoms with Crippen molar-refractivity contribution in [2.45, 2.75) is 39.7 Å². The zero-order valence-electron chi connectivity index (χ0n) is 14.7. The third kappa shape index (κ3) is 3.45. The molecule has 2 aromatic rings. The minimum Gasteiger partial charge on any atom is -0.330 e. The molecule has 0 bridgehead atoms. The molecule has 0 amide bonds. The van der Waals surface area contributed by atoms with Gasteiger partial charge in [-0.05, 0) is 32.8 Å². The molecular weight excluding hydrogens is 303 g/mol. The largest absolute Gasteiger partial charge is 0.330 e. The maximum absolute atomic E-state index is 14.4. The topological polar surface area (TPSA) is 41.4 Å². The molecule has 1 aromatic carbocycles. The van der Waals surface area contributed by atoms with E-state index in [1.54, 1.807) is 18.5 Å². The molecular formula is C19H23FN4. The van der Waals surface area contributed by atoms with E-state index in [1.165, 1.54) is 0 Å². The Hall–Kier alpha value is -2.30. The van der Waals surface area contributed by atoms with Gasteiger partial charge < -0.3 is 4.90 Å². The number of nitrogens with zero attached hydrogens (tertiary/aromatic N) is 4. The first kappa shape index (κ1) is 16.6. The van der Waals surface area contributed by atoms with Gasteiger partial charge in [-0.3, -0.25) is 4.99 Å². The maximum Gasteiger partial charge on any atom is 0.225 e. The molecule has 1 aromatic heterocycles. The Morgan fingerprint density at radius 1 is 1.17 bits per heavy atom. The van der Waals surface area contributed by atoms with Crippen LogP contribution in [0.2, 0.25) is 0 Å². The van der Waals surface area contributed by atoms with Crippen LogP contribution < -0.4 is 4.90 Å². The van der Waals surface area contributed by atoms with Crippen LogP contribution in [-0.2, 0) is 6.42 Å². The molecule has 0 atom stereocenters. The number of aliphatic imine (C=N–C) groups is 1. The summed E-state index contributed by atoms with van der Waals surface area (Å²) in [5, 5.41) is 0. The van der Waals surface area contributed by atoms with Crippen molar-refractivity contribution in [2.24, 2.45) is 4.99 Å². The van der Waals surface area contributed by atoms with Crippen LogP contribution in [0.3, 0.4) is 0 Å². The first-order chi connectivity index (χ1) is 11.4. The van der Waals surface area contributed by atoms with Gasteiger partial charge in [-0.25, -0.2) is 14.4 Å². The highest BCUT2D eigenvalue weighted by Crippen LogP contribution is 2.25. The first-order valence-electron chi connectivity index (χ1n) is 8.30. The Balaban J connectivity index is 1.75. The molecule has 0 spiro atoms. The average Bonchev–Trinajstić information content (AvgIpc) is 2.50. The predicted octanol–water partition coefficient (Wildman–Crippen LogP) is 3.90. The molecule has 1 saturated heterocycles. The summed E-state index contributed by atoms with van der Waals surface area (Å²) in [5.41, 5.74) is 3.09. The summed E-state index contributed by atoms with van der Waals surface area (Å²) in [5.74, 6) is 0.485. The van der Waals surface area contributed by atoms with Gasteiger partial charge in [-0.1, -0.05) is 25.1 Å². The van der Waals surface area contributed by atoms with E-state index in [1.807, 2.05) is 19.1 Å². The SMILES string of the molecule is CCc1cccc(-c2cnc(N3CC(=NC(C)(C)C)C3)nc2)c1F. The van der Waals surface area contributed by atoms with Gasteiger partial charge in [0.2, 0.25) is 5.95 Å². The van der Waals surface area contributed by atoms with Crippen molar-refractivity contribution < 1.29 is 4.39 Å². The van der Waals surface area contributed by atoms with E-state index in [-0.39, 0.29) is 11.4 Å². The Morgan fingerprint density at radius 2 is 1.83 bits per heavy atom. The van der Waals surface area contributed by atoms with E-state index in [0.717, 1.165) is 18.8 Å². The molecule has 0 unspecified atom stereocenters. The summed E-state index contributed by atoms with van der Waals surface area (Å²) >= 11 is 0. The fourth-order valence-electron chi connectivity index (χ4n) is 2.78. The molecule has 24 heavy (non-hydrogen) atoms. The summed E-state index contributed by atoms with van der Waals surface area (Å²) in [6.07, 6.45) is 4.06. The third-order valence-corrected chi connectivity index (χ3v) is 3.93. The number of hydrogen-bond donors (Lipinski definition) is 0. The standard InChI is InChI=1S/C19H23FN4/c1-5-13-7-6-8-16(17(13)20)14-9-21-18(22-10-14)24-11-15(12-24)23-19(2,3)4/h6-10H,5,11-12H2,1-4H3. The Morgan fingerprint density at radius 3 is 2.42 bits per heavy atom. The van der Waals surface area contributed by atoms with E-state index in [2.05, 4.69) is 40.6 Å². The van der Waals surface area contributed by atoms with E-state index in [4.69, 9.17) is 0 Å². The smallest absolute Gasteiger partial charge is 0.225 e. The minimum absolute atomic E-state index is 0.0477. The highest BCUT2D eigenvalue weighted by atomic mass is 19.1. The van der Waals surface area contributed by atoms with Crippen LogP contribution >= 0.6 is 0 Å². The van der Waals surface area contributed by atoms with Crippen LogP contribution in [0.25, 0.3) is 11.1 Å². The normalized spacial score (nSPS) is 14.5. The molecule has 0 N–H and O–H groups in total. The van der Waals surface area contributed by atoms with Crippen LogP contribution in [0.15, 0.2) is 35.6 Å². The lowest BCUT2D eigenvalue weighted by Gasteiger charge is -2.34. The lowest BCUT2D eigenvalue weighted by atomic mass is 10.0. The Labute approximate surface area is 142 Å². The van der Waals surface area contributed by atoms with Gasteiger partial charge in [0.15, 0.2) is 0 Å². The predicted molar refractivity (Wildman–Crippen MR) is 96.2 cm³/mol. The number of aromatic nitrogens is 2.